The van der Waals surface area contributed by atoms with E-state index in [0.717, 1.165) is 24.3 Å². The average Bonchev–Trinajstić information content (AvgIpc) is 3.09. The number of carbonyl (C=O) groups is 1. The van der Waals surface area contributed by atoms with Crippen molar-refractivity contribution in [1.29, 1.82) is 0 Å². The van der Waals surface area contributed by atoms with Gasteiger partial charge in [-0.1, -0.05) is 29.8 Å². The molecule has 2 aromatic rings. The van der Waals surface area contributed by atoms with E-state index in [1.807, 2.05) is 0 Å². The molecule has 1 aliphatic rings. The Balaban J connectivity index is 2.01. The highest BCUT2D eigenvalue weighted by Crippen LogP contribution is 2.45. The molecule has 11 heteroatoms. The van der Waals surface area contributed by atoms with Gasteiger partial charge in [-0.15, -0.1) is 0 Å². The largest absolute Gasteiger partial charge is 0.478 e. The summed E-state index contributed by atoms with van der Waals surface area (Å²) in [5, 5.41) is 8.79. The van der Waals surface area contributed by atoms with Gasteiger partial charge in [0.25, 0.3) is 0 Å². The molecule has 160 valence electrons. The van der Waals surface area contributed by atoms with Gasteiger partial charge in [-0.3, -0.25) is 0 Å². The zero-order chi connectivity index (χ0) is 22.3. The van der Waals surface area contributed by atoms with E-state index in [2.05, 4.69) is 0 Å². The number of fused-ring (bicyclic) bond motifs is 1. The van der Waals surface area contributed by atoms with Gasteiger partial charge in [0.2, 0.25) is 6.79 Å². The number of ether oxygens (including phenoxy) is 2. The summed E-state index contributed by atoms with van der Waals surface area (Å²) in [4.78, 5) is 11.0. The number of alkyl halides is 6. The summed E-state index contributed by atoms with van der Waals surface area (Å²) in [6.45, 7) is -0.207. The van der Waals surface area contributed by atoms with Crippen LogP contribution in [0.15, 0.2) is 36.4 Å². The molecule has 30 heavy (non-hydrogen) atoms. The maximum absolute atomic E-state index is 13.6. The van der Waals surface area contributed by atoms with E-state index in [1.165, 1.54) is 0 Å². The third kappa shape index (κ3) is 4.48. The van der Waals surface area contributed by atoms with Crippen LogP contribution in [0.1, 0.15) is 33.0 Å². The summed E-state index contributed by atoms with van der Waals surface area (Å²) >= 11 is 5.93. The standard InChI is InChI=1S/C19H11ClF6O4/c20-14-6-10(7-15-16(14)30-8-29-15)12(18(21,22)23)4-2-9-1-3-11(17(27)28)13(5-9)19(24,25)26/h1-7,12H,8H2,(H,27,28)/b4-2+. The van der Waals surface area contributed by atoms with Gasteiger partial charge in [0, 0.05) is 0 Å². The summed E-state index contributed by atoms with van der Waals surface area (Å²) < 4.78 is 90.2. The molecular formula is C19H11ClF6O4. The van der Waals surface area contributed by atoms with Crippen LogP contribution in [0, 0.1) is 0 Å². The lowest BCUT2D eigenvalue weighted by atomic mass is 9.95. The Morgan fingerprint density at radius 1 is 1.10 bits per heavy atom. The van der Waals surface area contributed by atoms with Crippen molar-refractivity contribution in [1.82, 2.24) is 0 Å². The second-order valence-corrected chi connectivity index (χ2v) is 6.63. The molecule has 0 aliphatic carbocycles. The van der Waals surface area contributed by atoms with E-state index >= 15 is 0 Å². The molecule has 0 spiro atoms. The molecule has 4 nitrogen and oxygen atoms in total. The second-order valence-electron chi connectivity index (χ2n) is 6.22. The Kier molecular flexibility index (Phi) is 5.64. The highest BCUT2D eigenvalue weighted by Gasteiger charge is 2.40. The molecule has 0 aromatic heterocycles. The lowest BCUT2D eigenvalue weighted by Crippen LogP contribution is -2.19. The topological polar surface area (TPSA) is 55.8 Å². The molecule has 1 N–H and O–H groups in total. The molecule has 0 amide bonds. The molecule has 0 saturated heterocycles. The first-order valence-corrected chi connectivity index (χ1v) is 8.54. The molecule has 0 bridgehead atoms. The van der Waals surface area contributed by atoms with Crippen molar-refractivity contribution in [2.45, 2.75) is 18.3 Å². The predicted molar refractivity (Wildman–Crippen MR) is 93.8 cm³/mol. The fraction of sp³-hybridized carbons (Fsp3) is 0.211. The van der Waals surface area contributed by atoms with Crippen molar-refractivity contribution in [3.05, 3.63) is 63.7 Å². The fourth-order valence-corrected chi connectivity index (χ4v) is 3.14. The molecule has 1 aliphatic heterocycles. The molecule has 0 fully saturated rings. The maximum Gasteiger partial charge on any atom is 0.417 e. The number of carboxylic acids is 1. The van der Waals surface area contributed by atoms with Crippen molar-refractivity contribution >= 4 is 23.6 Å². The Bertz CT molecular complexity index is 1010. The third-order valence-corrected chi connectivity index (χ3v) is 4.50. The van der Waals surface area contributed by atoms with Gasteiger partial charge in [-0.25, -0.2) is 4.79 Å². The number of allylic oxidation sites excluding steroid dienone is 1. The molecule has 3 rings (SSSR count). The van der Waals surface area contributed by atoms with E-state index in [1.54, 1.807) is 0 Å². The van der Waals surface area contributed by atoms with E-state index < -0.39 is 35.4 Å². The molecular weight excluding hydrogens is 442 g/mol. The van der Waals surface area contributed by atoms with Crippen molar-refractivity contribution in [3.8, 4) is 11.5 Å². The summed E-state index contributed by atoms with van der Waals surface area (Å²) in [6, 6.07) is 4.26. The summed E-state index contributed by atoms with van der Waals surface area (Å²) in [5.74, 6) is -3.89. The van der Waals surface area contributed by atoms with Crippen molar-refractivity contribution in [3.63, 3.8) is 0 Å². The van der Waals surface area contributed by atoms with Crippen LogP contribution >= 0.6 is 11.6 Å². The van der Waals surface area contributed by atoms with E-state index in [-0.39, 0.29) is 34.4 Å². The van der Waals surface area contributed by atoms with Crippen LogP contribution < -0.4 is 9.47 Å². The van der Waals surface area contributed by atoms with Crippen molar-refractivity contribution < 1.29 is 45.7 Å². The highest BCUT2D eigenvalue weighted by atomic mass is 35.5. The fourth-order valence-electron chi connectivity index (χ4n) is 2.87. The van der Waals surface area contributed by atoms with Gasteiger partial charge in [0.05, 0.1) is 22.1 Å². The van der Waals surface area contributed by atoms with Gasteiger partial charge in [-0.05, 0) is 35.4 Å². The second kappa shape index (κ2) is 7.75. The van der Waals surface area contributed by atoms with Gasteiger partial charge in [-0.2, -0.15) is 26.3 Å². The lowest BCUT2D eigenvalue weighted by Gasteiger charge is -2.18. The van der Waals surface area contributed by atoms with Crippen LogP contribution in [-0.4, -0.2) is 24.0 Å². The molecule has 1 heterocycles. The summed E-state index contributed by atoms with van der Waals surface area (Å²) in [6.07, 6.45) is -8.30. The predicted octanol–water partition coefficient (Wildman–Crippen LogP) is 6.15. The van der Waals surface area contributed by atoms with Gasteiger partial charge >= 0.3 is 18.3 Å². The number of rotatable bonds is 4. The Labute approximate surface area is 170 Å². The molecule has 0 radical (unpaired) electrons. The minimum Gasteiger partial charge on any atom is -0.478 e. The van der Waals surface area contributed by atoms with Crippen molar-refractivity contribution in [2.75, 3.05) is 6.79 Å². The molecule has 1 unspecified atom stereocenters. The SMILES string of the molecule is O=C(O)c1ccc(/C=C/C(c2cc(Cl)c3c(c2)OCO3)C(F)(F)F)cc1C(F)(F)F. The Morgan fingerprint density at radius 2 is 1.80 bits per heavy atom. The van der Waals surface area contributed by atoms with Crippen LogP contribution in [0.3, 0.4) is 0 Å². The van der Waals surface area contributed by atoms with Gasteiger partial charge in [0.1, 0.15) is 0 Å². The third-order valence-electron chi connectivity index (χ3n) is 4.22. The molecule has 2 aromatic carbocycles. The van der Waals surface area contributed by atoms with Crippen LogP contribution in [-0.2, 0) is 6.18 Å². The number of hydrogen-bond donors (Lipinski definition) is 1. The van der Waals surface area contributed by atoms with Crippen LogP contribution in [0.5, 0.6) is 11.5 Å². The maximum atomic E-state index is 13.6. The van der Waals surface area contributed by atoms with Crippen LogP contribution in [0.2, 0.25) is 5.02 Å². The first-order valence-electron chi connectivity index (χ1n) is 8.16. The van der Waals surface area contributed by atoms with E-state index in [0.29, 0.717) is 18.2 Å². The summed E-state index contributed by atoms with van der Waals surface area (Å²) in [5.41, 5.74) is -3.03. The number of halogens is 7. The average molecular weight is 453 g/mol. The van der Waals surface area contributed by atoms with E-state index in [9.17, 15) is 31.1 Å². The molecule has 0 saturated carbocycles. The number of aromatic carboxylic acids is 1. The highest BCUT2D eigenvalue weighted by molar-refractivity contribution is 6.32. The Hall–Kier alpha value is -2.88. The van der Waals surface area contributed by atoms with Gasteiger partial charge in [0.15, 0.2) is 11.5 Å². The molecule has 1 atom stereocenters. The van der Waals surface area contributed by atoms with Gasteiger partial charge < -0.3 is 14.6 Å². The zero-order valence-electron chi connectivity index (χ0n) is 14.6. The first-order chi connectivity index (χ1) is 13.9. The lowest BCUT2D eigenvalue weighted by molar-refractivity contribution is -0.139. The van der Waals surface area contributed by atoms with Crippen molar-refractivity contribution in [2.24, 2.45) is 0 Å². The quantitative estimate of drug-likeness (QED) is 0.566. The zero-order valence-corrected chi connectivity index (χ0v) is 15.4. The number of hydrogen-bond acceptors (Lipinski definition) is 3. The normalized spacial score (nSPS) is 14.9. The minimum absolute atomic E-state index is 0.0188. The first kappa shape index (κ1) is 21.8. The monoisotopic (exact) mass is 452 g/mol. The number of benzene rings is 2. The van der Waals surface area contributed by atoms with Crippen LogP contribution in [0.25, 0.3) is 6.08 Å². The summed E-state index contributed by atoms with van der Waals surface area (Å²) in [7, 11) is 0. The Morgan fingerprint density at radius 3 is 2.40 bits per heavy atom. The smallest absolute Gasteiger partial charge is 0.417 e. The van der Waals surface area contributed by atoms with Crippen LogP contribution in [0.4, 0.5) is 26.3 Å². The van der Waals surface area contributed by atoms with E-state index in [4.69, 9.17) is 26.2 Å². The number of carboxylic acid groups (broad SMARTS) is 1. The minimum atomic E-state index is -4.99.